The molecule has 2 heterocycles. The quantitative estimate of drug-likeness (QED) is 0.549. The number of aromatic nitrogens is 2. The summed E-state index contributed by atoms with van der Waals surface area (Å²) in [4.78, 5) is 20.2. The first-order valence-corrected chi connectivity index (χ1v) is 8.64. The number of pyridine rings is 1. The summed E-state index contributed by atoms with van der Waals surface area (Å²) >= 11 is 12.7. The summed E-state index contributed by atoms with van der Waals surface area (Å²) in [6.45, 7) is 0. The highest BCUT2D eigenvalue weighted by molar-refractivity contribution is 7.14. The Bertz CT molecular complexity index is 975. The maximum absolute atomic E-state index is 12.8. The number of anilines is 1. The Morgan fingerprint density at radius 3 is 2.62 bits per heavy atom. The van der Waals surface area contributed by atoms with Crippen LogP contribution >= 0.6 is 34.5 Å². The molecule has 0 aliphatic rings. The number of benzene rings is 1. The molecule has 0 radical (unpaired) electrons. The molecular formula is C16H8Cl2F3N3OS. The minimum Gasteiger partial charge on any atom is -0.296 e. The third-order valence-electron chi connectivity index (χ3n) is 3.24. The Hall–Kier alpha value is -2.16. The first-order chi connectivity index (χ1) is 12.2. The Labute approximate surface area is 159 Å². The molecule has 0 saturated heterocycles. The third-order valence-corrected chi connectivity index (χ3v) is 4.51. The summed E-state index contributed by atoms with van der Waals surface area (Å²) in [5, 5.41) is 4.45. The number of halogens is 5. The van der Waals surface area contributed by atoms with Gasteiger partial charge >= 0.3 is 6.18 Å². The highest BCUT2D eigenvalue weighted by atomic mass is 35.5. The highest BCUT2D eigenvalue weighted by Crippen LogP contribution is 2.33. The Kier molecular flexibility index (Phi) is 5.17. The van der Waals surface area contributed by atoms with Crippen LogP contribution < -0.4 is 5.32 Å². The lowest BCUT2D eigenvalue weighted by Crippen LogP contribution is -2.14. The van der Waals surface area contributed by atoms with Crippen molar-refractivity contribution in [2.75, 3.05) is 5.32 Å². The van der Waals surface area contributed by atoms with E-state index in [2.05, 4.69) is 15.3 Å². The van der Waals surface area contributed by atoms with Gasteiger partial charge in [-0.2, -0.15) is 13.2 Å². The van der Waals surface area contributed by atoms with E-state index in [9.17, 15) is 18.0 Å². The van der Waals surface area contributed by atoms with Gasteiger partial charge in [0, 0.05) is 10.9 Å². The van der Waals surface area contributed by atoms with Crippen LogP contribution in [0.25, 0.3) is 11.3 Å². The van der Waals surface area contributed by atoms with Gasteiger partial charge in [0.05, 0.1) is 16.3 Å². The fraction of sp³-hybridized carbons (Fsp3) is 0.0625. The van der Waals surface area contributed by atoms with Gasteiger partial charge in [0.1, 0.15) is 10.8 Å². The number of alkyl halides is 3. The van der Waals surface area contributed by atoms with Gasteiger partial charge in [-0.3, -0.25) is 10.1 Å². The minimum atomic E-state index is -4.45. The fourth-order valence-electron chi connectivity index (χ4n) is 2.05. The second-order valence-electron chi connectivity index (χ2n) is 5.03. The lowest BCUT2D eigenvalue weighted by atomic mass is 10.1. The van der Waals surface area contributed by atoms with Crippen LogP contribution in [0.3, 0.4) is 0 Å². The number of nitrogens with zero attached hydrogens (tertiary/aromatic N) is 2. The predicted molar refractivity (Wildman–Crippen MR) is 94.8 cm³/mol. The first kappa shape index (κ1) is 18.6. The molecule has 0 atom stereocenters. The zero-order chi connectivity index (χ0) is 18.9. The van der Waals surface area contributed by atoms with E-state index in [4.69, 9.17) is 23.2 Å². The number of rotatable bonds is 3. The van der Waals surface area contributed by atoms with Crippen molar-refractivity contribution in [1.29, 1.82) is 0 Å². The zero-order valence-electron chi connectivity index (χ0n) is 12.6. The largest absolute Gasteiger partial charge is 0.416 e. The second-order valence-corrected chi connectivity index (χ2v) is 6.69. The van der Waals surface area contributed by atoms with Crippen molar-refractivity contribution in [3.8, 4) is 11.3 Å². The second kappa shape index (κ2) is 7.22. The molecule has 0 spiro atoms. The number of thiazole rings is 1. The molecule has 10 heteroatoms. The normalized spacial score (nSPS) is 11.4. The van der Waals surface area contributed by atoms with Gasteiger partial charge in [-0.1, -0.05) is 35.3 Å². The Morgan fingerprint density at radius 2 is 1.88 bits per heavy atom. The van der Waals surface area contributed by atoms with Crippen molar-refractivity contribution in [1.82, 2.24) is 9.97 Å². The van der Waals surface area contributed by atoms with Crippen LogP contribution in [-0.4, -0.2) is 15.9 Å². The van der Waals surface area contributed by atoms with Crippen molar-refractivity contribution < 1.29 is 18.0 Å². The number of carbonyl (C=O) groups is 1. The third kappa shape index (κ3) is 4.14. The van der Waals surface area contributed by atoms with Crippen LogP contribution in [0.1, 0.15) is 16.1 Å². The van der Waals surface area contributed by atoms with E-state index in [1.165, 1.54) is 29.6 Å². The topological polar surface area (TPSA) is 54.9 Å². The van der Waals surface area contributed by atoms with E-state index in [1.54, 1.807) is 0 Å². The van der Waals surface area contributed by atoms with Crippen LogP contribution in [0.2, 0.25) is 10.2 Å². The fourth-order valence-corrected chi connectivity index (χ4v) is 3.11. The van der Waals surface area contributed by atoms with Crippen LogP contribution in [-0.2, 0) is 6.18 Å². The maximum Gasteiger partial charge on any atom is 0.416 e. The van der Waals surface area contributed by atoms with E-state index < -0.39 is 17.6 Å². The SMILES string of the molecule is O=C(Nc1nc(-c2cccc(C(F)(F)F)c2)cs1)c1nc(Cl)ccc1Cl. The van der Waals surface area contributed by atoms with Gasteiger partial charge in [-0.05, 0) is 24.3 Å². The van der Waals surface area contributed by atoms with E-state index in [1.807, 2.05) is 0 Å². The average Bonchev–Trinajstić information content (AvgIpc) is 3.05. The monoisotopic (exact) mass is 417 g/mol. The van der Waals surface area contributed by atoms with Crippen LogP contribution in [0.15, 0.2) is 41.8 Å². The predicted octanol–water partition coefficient (Wildman–Crippen LogP) is 5.78. The summed E-state index contributed by atoms with van der Waals surface area (Å²) in [6.07, 6.45) is -4.45. The lowest BCUT2D eigenvalue weighted by molar-refractivity contribution is -0.137. The molecule has 0 aliphatic heterocycles. The number of hydrogen-bond donors (Lipinski definition) is 1. The van der Waals surface area contributed by atoms with Crippen LogP contribution in [0.5, 0.6) is 0 Å². The molecule has 1 amide bonds. The van der Waals surface area contributed by atoms with E-state index >= 15 is 0 Å². The molecule has 0 bridgehead atoms. The molecule has 134 valence electrons. The zero-order valence-corrected chi connectivity index (χ0v) is 15.0. The average molecular weight is 418 g/mol. The number of nitrogens with one attached hydrogen (secondary N) is 1. The van der Waals surface area contributed by atoms with Gasteiger partial charge in [-0.15, -0.1) is 11.3 Å². The lowest BCUT2D eigenvalue weighted by Gasteiger charge is -2.07. The molecular weight excluding hydrogens is 410 g/mol. The standard InChI is InChI=1S/C16H8Cl2F3N3OS/c17-10-4-5-12(18)23-13(10)14(25)24-15-22-11(7-26-15)8-2-1-3-9(6-8)16(19,20)21/h1-7H,(H,22,24,25). The molecule has 0 fully saturated rings. The Balaban J connectivity index is 1.82. The van der Waals surface area contributed by atoms with Gasteiger partial charge in [0.25, 0.3) is 5.91 Å². The summed E-state index contributed by atoms with van der Waals surface area (Å²) in [5.41, 5.74) is -0.254. The summed E-state index contributed by atoms with van der Waals surface area (Å²) in [6, 6.07) is 7.65. The maximum atomic E-state index is 12.8. The van der Waals surface area contributed by atoms with Crippen molar-refractivity contribution in [3.05, 3.63) is 63.2 Å². The molecule has 4 nitrogen and oxygen atoms in total. The van der Waals surface area contributed by atoms with Crippen molar-refractivity contribution >= 4 is 45.6 Å². The minimum absolute atomic E-state index is 0.0741. The molecule has 0 unspecified atom stereocenters. The van der Waals surface area contributed by atoms with Gasteiger partial charge in [0.15, 0.2) is 5.13 Å². The number of hydrogen-bond acceptors (Lipinski definition) is 4. The molecule has 1 N–H and O–H groups in total. The summed E-state index contributed by atoms with van der Waals surface area (Å²) in [5.74, 6) is -0.623. The molecule has 2 aromatic heterocycles. The van der Waals surface area contributed by atoms with E-state index in [0.717, 1.165) is 23.5 Å². The van der Waals surface area contributed by atoms with Gasteiger partial charge in [0.2, 0.25) is 0 Å². The van der Waals surface area contributed by atoms with E-state index in [0.29, 0.717) is 5.69 Å². The van der Waals surface area contributed by atoms with Crippen LogP contribution in [0.4, 0.5) is 18.3 Å². The molecule has 3 rings (SSSR count). The molecule has 26 heavy (non-hydrogen) atoms. The first-order valence-electron chi connectivity index (χ1n) is 7.00. The Morgan fingerprint density at radius 1 is 1.12 bits per heavy atom. The van der Waals surface area contributed by atoms with Crippen molar-refractivity contribution in [2.45, 2.75) is 6.18 Å². The summed E-state index contributed by atoms with van der Waals surface area (Å²) in [7, 11) is 0. The van der Waals surface area contributed by atoms with E-state index in [-0.39, 0.29) is 26.6 Å². The van der Waals surface area contributed by atoms with Crippen LogP contribution in [0, 0.1) is 0 Å². The molecule has 0 aliphatic carbocycles. The molecule has 1 aromatic carbocycles. The number of carbonyl (C=O) groups excluding carboxylic acids is 1. The van der Waals surface area contributed by atoms with Gasteiger partial charge < -0.3 is 0 Å². The smallest absolute Gasteiger partial charge is 0.296 e. The van der Waals surface area contributed by atoms with Crippen molar-refractivity contribution in [3.63, 3.8) is 0 Å². The van der Waals surface area contributed by atoms with Crippen molar-refractivity contribution in [2.24, 2.45) is 0 Å². The highest BCUT2D eigenvalue weighted by Gasteiger charge is 2.30. The van der Waals surface area contributed by atoms with Gasteiger partial charge in [-0.25, -0.2) is 9.97 Å². The molecule has 3 aromatic rings. The molecule has 0 saturated carbocycles. The summed E-state index contributed by atoms with van der Waals surface area (Å²) < 4.78 is 38.4. The number of amides is 1.